The molecule has 0 aliphatic heterocycles. The van der Waals surface area contributed by atoms with E-state index in [4.69, 9.17) is 10.5 Å². The molecule has 8 nitrogen and oxygen atoms in total. The fourth-order valence-corrected chi connectivity index (χ4v) is 2.74. The van der Waals surface area contributed by atoms with Crippen LogP contribution in [0.5, 0.6) is 0 Å². The van der Waals surface area contributed by atoms with Gasteiger partial charge in [-0.25, -0.2) is 14.8 Å². The van der Waals surface area contributed by atoms with Crippen LogP contribution in [0.4, 0.5) is 5.69 Å². The number of nitrogens with two attached hydrogens (primary N) is 1. The summed E-state index contributed by atoms with van der Waals surface area (Å²) in [4.78, 5) is 37.8. The van der Waals surface area contributed by atoms with Crippen molar-refractivity contribution in [3.8, 4) is 5.69 Å². The number of pyridine rings is 2. The molecule has 3 aromatic heterocycles. The van der Waals surface area contributed by atoms with Gasteiger partial charge in [0.05, 0.1) is 30.1 Å². The summed E-state index contributed by atoms with van der Waals surface area (Å²) in [6.45, 7) is 1.83. The summed E-state index contributed by atoms with van der Waals surface area (Å²) in [5.74, 6) is -0.813. The molecular weight excluding hydrogens is 342 g/mol. The Hall–Kier alpha value is -2.94. The number of anilines is 1. The summed E-state index contributed by atoms with van der Waals surface area (Å²) in [6.07, 6.45) is 4.85. The number of nitrogen functional groups attached to an aromatic ring is 1. The standard InChI is InChI=1S/C16H15N5O3S/c1-8-4-5-9(6-18-8)21-13-10(7-19-16(20-13)25-3)12(17)11(14(21)22)15(23)24-2/h4-7H,17H2,1-3H3. The van der Waals surface area contributed by atoms with E-state index in [9.17, 15) is 9.59 Å². The maximum atomic E-state index is 13.0. The van der Waals surface area contributed by atoms with Gasteiger partial charge in [-0.2, -0.15) is 0 Å². The van der Waals surface area contributed by atoms with Crippen molar-refractivity contribution in [3.63, 3.8) is 0 Å². The number of ether oxygens (including phenoxy) is 1. The highest BCUT2D eigenvalue weighted by molar-refractivity contribution is 7.98. The Morgan fingerprint density at radius 3 is 2.64 bits per heavy atom. The molecule has 2 N–H and O–H groups in total. The Labute approximate surface area is 147 Å². The quantitative estimate of drug-likeness (QED) is 0.427. The summed E-state index contributed by atoms with van der Waals surface area (Å²) >= 11 is 1.33. The zero-order valence-electron chi connectivity index (χ0n) is 13.8. The van der Waals surface area contributed by atoms with Crippen LogP contribution >= 0.6 is 11.8 Å². The van der Waals surface area contributed by atoms with E-state index in [2.05, 4.69) is 15.0 Å². The molecule has 0 aliphatic rings. The molecule has 128 valence electrons. The van der Waals surface area contributed by atoms with E-state index < -0.39 is 11.5 Å². The highest BCUT2D eigenvalue weighted by Crippen LogP contribution is 2.24. The van der Waals surface area contributed by atoms with E-state index in [0.717, 1.165) is 5.69 Å². The molecule has 3 aromatic rings. The Morgan fingerprint density at radius 1 is 1.28 bits per heavy atom. The molecule has 0 radical (unpaired) electrons. The molecule has 0 bridgehead atoms. The molecule has 3 rings (SSSR count). The summed E-state index contributed by atoms with van der Waals surface area (Å²) in [5, 5.41) is 0.865. The van der Waals surface area contributed by atoms with Crippen LogP contribution < -0.4 is 11.3 Å². The molecule has 0 saturated heterocycles. The minimum atomic E-state index is -0.813. The van der Waals surface area contributed by atoms with E-state index in [1.165, 1.54) is 35.8 Å². The van der Waals surface area contributed by atoms with Crippen molar-refractivity contribution in [2.75, 3.05) is 19.1 Å². The maximum Gasteiger partial charge on any atom is 0.345 e. The zero-order chi connectivity index (χ0) is 18.1. The van der Waals surface area contributed by atoms with E-state index in [1.807, 2.05) is 13.2 Å². The van der Waals surface area contributed by atoms with Crippen molar-refractivity contribution < 1.29 is 9.53 Å². The van der Waals surface area contributed by atoms with Gasteiger partial charge in [0.1, 0.15) is 5.56 Å². The normalized spacial score (nSPS) is 10.8. The molecule has 0 spiro atoms. The first-order chi connectivity index (χ1) is 12.0. The van der Waals surface area contributed by atoms with Gasteiger partial charge in [0.2, 0.25) is 0 Å². The average Bonchev–Trinajstić information content (AvgIpc) is 2.62. The Morgan fingerprint density at radius 2 is 2.04 bits per heavy atom. The van der Waals surface area contributed by atoms with Gasteiger partial charge >= 0.3 is 5.97 Å². The van der Waals surface area contributed by atoms with Gasteiger partial charge in [-0.1, -0.05) is 11.8 Å². The molecular formula is C16H15N5O3S. The highest BCUT2D eigenvalue weighted by atomic mass is 32.2. The fourth-order valence-electron chi connectivity index (χ4n) is 2.40. The van der Waals surface area contributed by atoms with E-state index in [0.29, 0.717) is 21.9 Å². The number of esters is 1. The fraction of sp³-hybridized carbons (Fsp3) is 0.188. The van der Waals surface area contributed by atoms with Gasteiger partial charge in [-0.3, -0.25) is 14.3 Å². The van der Waals surface area contributed by atoms with Gasteiger partial charge in [-0.05, 0) is 25.3 Å². The minimum Gasteiger partial charge on any atom is -0.465 e. The van der Waals surface area contributed by atoms with Crippen LogP contribution in [0.1, 0.15) is 16.1 Å². The van der Waals surface area contributed by atoms with Crippen LogP contribution in [0, 0.1) is 6.92 Å². The van der Waals surface area contributed by atoms with Crippen LogP contribution in [0.3, 0.4) is 0 Å². The van der Waals surface area contributed by atoms with Crippen molar-refractivity contribution in [1.29, 1.82) is 0 Å². The van der Waals surface area contributed by atoms with E-state index in [1.54, 1.807) is 12.1 Å². The van der Waals surface area contributed by atoms with Crippen molar-refractivity contribution >= 4 is 34.5 Å². The first-order valence-electron chi connectivity index (χ1n) is 7.24. The molecule has 3 heterocycles. The lowest BCUT2D eigenvalue weighted by atomic mass is 10.1. The predicted molar refractivity (Wildman–Crippen MR) is 95.2 cm³/mol. The Kier molecular flexibility index (Phi) is 4.41. The third-order valence-electron chi connectivity index (χ3n) is 3.66. The predicted octanol–water partition coefficient (Wildman–Crippen LogP) is 1.57. The SMILES string of the molecule is COC(=O)c1c(N)c2cnc(SC)nc2n(-c2ccc(C)nc2)c1=O. The van der Waals surface area contributed by atoms with Gasteiger partial charge in [0.15, 0.2) is 10.8 Å². The van der Waals surface area contributed by atoms with Gasteiger partial charge in [0.25, 0.3) is 5.56 Å². The second-order valence-corrected chi connectivity index (χ2v) is 5.95. The Balaban J connectivity index is 2.48. The molecule has 0 fully saturated rings. The van der Waals surface area contributed by atoms with Crippen molar-refractivity contribution in [1.82, 2.24) is 19.5 Å². The number of aromatic nitrogens is 4. The maximum absolute atomic E-state index is 13.0. The topological polar surface area (TPSA) is 113 Å². The van der Waals surface area contributed by atoms with Crippen molar-refractivity contribution in [2.45, 2.75) is 12.1 Å². The number of methoxy groups -OCH3 is 1. The third-order valence-corrected chi connectivity index (χ3v) is 4.22. The molecule has 0 aromatic carbocycles. The lowest BCUT2D eigenvalue weighted by molar-refractivity contribution is 0.0600. The number of hydrogen-bond acceptors (Lipinski definition) is 8. The monoisotopic (exact) mass is 357 g/mol. The van der Waals surface area contributed by atoms with Crippen LogP contribution in [-0.2, 0) is 4.74 Å². The smallest absolute Gasteiger partial charge is 0.345 e. The van der Waals surface area contributed by atoms with Crippen molar-refractivity contribution in [2.24, 2.45) is 0 Å². The molecule has 0 atom stereocenters. The molecule has 9 heteroatoms. The molecule has 0 saturated carbocycles. The lowest BCUT2D eigenvalue weighted by Crippen LogP contribution is -2.29. The number of rotatable bonds is 3. The van der Waals surface area contributed by atoms with Crippen LogP contribution in [0.25, 0.3) is 16.7 Å². The first kappa shape index (κ1) is 16.9. The van der Waals surface area contributed by atoms with Crippen molar-refractivity contribution in [3.05, 3.63) is 46.1 Å². The third kappa shape index (κ3) is 2.82. The number of carbonyl (C=O) groups excluding carboxylic acids is 1. The largest absolute Gasteiger partial charge is 0.465 e. The van der Waals surface area contributed by atoms with Gasteiger partial charge in [0, 0.05) is 11.9 Å². The molecule has 0 amide bonds. The van der Waals surface area contributed by atoms with Crippen LogP contribution in [-0.4, -0.2) is 38.9 Å². The second-order valence-electron chi connectivity index (χ2n) is 5.17. The molecule has 0 unspecified atom stereocenters. The van der Waals surface area contributed by atoms with Gasteiger partial charge < -0.3 is 10.5 Å². The summed E-state index contributed by atoms with van der Waals surface area (Å²) in [6, 6.07) is 3.49. The summed E-state index contributed by atoms with van der Waals surface area (Å²) in [7, 11) is 1.19. The minimum absolute atomic E-state index is 0.00387. The molecule has 0 aliphatic carbocycles. The summed E-state index contributed by atoms with van der Waals surface area (Å²) in [5.41, 5.74) is 6.74. The average molecular weight is 357 g/mol. The number of carbonyl (C=O) groups is 1. The van der Waals surface area contributed by atoms with Crippen LogP contribution in [0.2, 0.25) is 0 Å². The number of hydrogen-bond donors (Lipinski definition) is 1. The zero-order valence-corrected chi connectivity index (χ0v) is 14.6. The number of nitrogens with zero attached hydrogens (tertiary/aromatic N) is 4. The van der Waals surface area contributed by atoms with Gasteiger partial charge in [-0.15, -0.1) is 0 Å². The lowest BCUT2D eigenvalue weighted by Gasteiger charge is -2.14. The summed E-state index contributed by atoms with van der Waals surface area (Å²) < 4.78 is 6.01. The highest BCUT2D eigenvalue weighted by Gasteiger charge is 2.23. The van der Waals surface area contributed by atoms with Crippen LogP contribution in [0.15, 0.2) is 34.5 Å². The number of aryl methyl sites for hydroxylation is 1. The van der Waals surface area contributed by atoms with E-state index >= 15 is 0 Å². The first-order valence-corrected chi connectivity index (χ1v) is 8.47. The second kappa shape index (κ2) is 6.52. The van der Waals surface area contributed by atoms with E-state index in [-0.39, 0.29) is 11.3 Å². The molecule has 25 heavy (non-hydrogen) atoms. The number of fused-ring (bicyclic) bond motifs is 1. The number of thioether (sulfide) groups is 1. The Bertz CT molecular complexity index is 1030.